The number of hydrogen-bond donors (Lipinski definition) is 1. The van der Waals surface area contributed by atoms with Crippen molar-refractivity contribution in [1.82, 2.24) is 0 Å². The number of amides is 1. The Morgan fingerprint density at radius 2 is 1.79 bits per heavy atom. The van der Waals surface area contributed by atoms with E-state index in [2.05, 4.69) is 0 Å². The van der Waals surface area contributed by atoms with Crippen molar-refractivity contribution in [2.75, 3.05) is 0 Å². The standard InChI is InChI=1S/C11H15NO.ClH/c1-11(2,10(12)13)8-9-6-4-3-5-7-9;/h3-7H,8H2,1-2H3,(H2,12,13);1H. The van der Waals surface area contributed by atoms with Crippen molar-refractivity contribution in [3.63, 3.8) is 0 Å². The van der Waals surface area contributed by atoms with Gasteiger partial charge in [0.2, 0.25) is 5.91 Å². The number of carbonyl (C=O) groups is 1. The van der Waals surface area contributed by atoms with Crippen LogP contribution in [0.4, 0.5) is 0 Å². The smallest absolute Gasteiger partial charge is 0.223 e. The summed E-state index contributed by atoms with van der Waals surface area (Å²) in [6, 6.07) is 9.90. The molecule has 1 aromatic carbocycles. The predicted octanol–water partition coefficient (Wildman–Crippen LogP) is 2.16. The van der Waals surface area contributed by atoms with Gasteiger partial charge < -0.3 is 5.73 Å². The maximum Gasteiger partial charge on any atom is 0.223 e. The summed E-state index contributed by atoms with van der Waals surface area (Å²) in [4.78, 5) is 11.0. The lowest BCUT2D eigenvalue weighted by atomic mass is 9.85. The van der Waals surface area contributed by atoms with Gasteiger partial charge in [0.1, 0.15) is 0 Å². The molecule has 1 rings (SSSR count). The van der Waals surface area contributed by atoms with Crippen molar-refractivity contribution >= 4 is 18.3 Å². The molecule has 0 spiro atoms. The minimum Gasteiger partial charge on any atom is -0.369 e. The van der Waals surface area contributed by atoms with Gasteiger partial charge >= 0.3 is 0 Å². The third-order valence-corrected chi connectivity index (χ3v) is 2.16. The van der Waals surface area contributed by atoms with E-state index >= 15 is 0 Å². The SMILES string of the molecule is CC(C)(Cc1ccccc1)C(N)=O.Cl. The summed E-state index contributed by atoms with van der Waals surface area (Å²) in [6.45, 7) is 3.73. The molecule has 0 unspecified atom stereocenters. The van der Waals surface area contributed by atoms with Crippen molar-refractivity contribution in [3.8, 4) is 0 Å². The molecule has 0 atom stereocenters. The molecule has 2 nitrogen and oxygen atoms in total. The molecule has 78 valence electrons. The first-order valence-electron chi connectivity index (χ1n) is 4.36. The zero-order valence-electron chi connectivity index (χ0n) is 8.49. The quantitative estimate of drug-likeness (QED) is 0.822. The number of primary amides is 1. The van der Waals surface area contributed by atoms with Crippen molar-refractivity contribution in [1.29, 1.82) is 0 Å². The van der Waals surface area contributed by atoms with Gasteiger partial charge in [-0.3, -0.25) is 4.79 Å². The van der Waals surface area contributed by atoms with Gasteiger partial charge in [0.05, 0.1) is 0 Å². The van der Waals surface area contributed by atoms with Crippen LogP contribution < -0.4 is 5.73 Å². The fourth-order valence-electron chi connectivity index (χ4n) is 1.19. The lowest BCUT2D eigenvalue weighted by Crippen LogP contribution is -2.33. The molecule has 0 bridgehead atoms. The first kappa shape index (κ1) is 13.0. The molecule has 14 heavy (non-hydrogen) atoms. The Balaban J connectivity index is 0.00000169. The summed E-state index contributed by atoms with van der Waals surface area (Å²) in [5, 5.41) is 0. The van der Waals surface area contributed by atoms with Gasteiger partial charge in [0.25, 0.3) is 0 Å². The summed E-state index contributed by atoms with van der Waals surface area (Å²) in [5.41, 5.74) is 5.97. The Morgan fingerprint density at radius 1 is 1.29 bits per heavy atom. The Labute approximate surface area is 90.9 Å². The Hall–Kier alpha value is -1.02. The zero-order valence-corrected chi connectivity index (χ0v) is 9.30. The van der Waals surface area contributed by atoms with Crippen molar-refractivity contribution in [2.24, 2.45) is 11.1 Å². The highest BCUT2D eigenvalue weighted by atomic mass is 35.5. The van der Waals surface area contributed by atoms with E-state index in [-0.39, 0.29) is 18.3 Å². The largest absolute Gasteiger partial charge is 0.369 e. The Kier molecular flexibility index (Phi) is 4.64. The van der Waals surface area contributed by atoms with Crippen LogP contribution in [0.3, 0.4) is 0 Å². The molecule has 1 aromatic rings. The van der Waals surface area contributed by atoms with Gasteiger partial charge in [-0.25, -0.2) is 0 Å². The maximum atomic E-state index is 11.0. The molecule has 0 aromatic heterocycles. The Bertz CT molecular complexity index is 295. The van der Waals surface area contributed by atoms with E-state index < -0.39 is 5.41 Å². The van der Waals surface area contributed by atoms with Crippen LogP contribution in [0.25, 0.3) is 0 Å². The molecule has 0 saturated carbocycles. The van der Waals surface area contributed by atoms with E-state index in [1.54, 1.807) is 0 Å². The molecule has 0 saturated heterocycles. The number of carbonyl (C=O) groups excluding carboxylic acids is 1. The van der Waals surface area contributed by atoms with Gasteiger partial charge in [-0.1, -0.05) is 44.2 Å². The third-order valence-electron chi connectivity index (χ3n) is 2.16. The average Bonchev–Trinajstić information content (AvgIpc) is 2.05. The highest BCUT2D eigenvalue weighted by Crippen LogP contribution is 2.20. The monoisotopic (exact) mass is 213 g/mol. The molecule has 1 amide bonds. The summed E-state index contributed by atoms with van der Waals surface area (Å²) in [5.74, 6) is -0.253. The summed E-state index contributed by atoms with van der Waals surface area (Å²) in [6.07, 6.45) is 0.698. The van der Waals surface area contributed by atoms with Crippen LogP contribution >= 0.6 is 12.4 Å². The number of rotatable bonds is 3. The van der Waals surface area contributed by atoms with Crippen LogP contribution in [0.1, 0.15) is 19.4 Å². The van der Waals surface area contributed by atoms with E-state index in [0.717, 1.165) is 5.56 Å². The van der Waals surface area contributed by atoms with Gasteiger partial charge in [-0.15, -0.1) is 12.4 Å². The van der Waals surface area contributed by atoms with Crippen LogP contribution in [0.5, 0.6) is 0 Å². The van der Waals surface area contributed by atoms with Gasteiger partial charge in [0.15, 0.2) is 0 Å². The van der Waals surface area contributed by atoms with Gasteiger partial charge in [-0.2, -0.15) is 0 Å². The molecule has 0 aliphatic rings. The van der Waals surface area contributed by atoms with Crippen LogP contribution in [0, 0.1) is 5.41 Å². The molecular formula is C11H16ClNO. The molecule has 0 fully saturated rings. The van der Waals surface area contributed by atoms with Crippen LogP contribution in [-0.4, -0.2) is 5.91 Å². The second-order valence-corrected chi connectivity index (χ2v) is 3.91. The molecule has 0 radical (unpaired) electrons. The summed E-state index contributed by atoms with van der Waals surface area (Å²) >= 11 is 0. The topological polar surface area (TPSA) is 43.1 Å². The predicted molar refractivity (Wildman–Crippen MR) is 60.4 cm³/mol. The van der Waals surface area contributed by atoms with E-state index in [1.807, 2.05) is 44.2 Å². The van der Waals surface area contributed by atoms with E-state index in [4.69, 9.17) is 5.73 Å². The third kappa shape index (κ3) is 3.38. The normalized spacial score (nSPS) is 10.4. The number of nitrogens with two attached hydrogens (primary N) is 1. The lowest BCUT2D eigenvalue weighted by Gasteiger charge is -2.19. The molecule has 0 aliphatic carbocycles. The molecule has 0 aliphatic heterocycles. The minimum atomic E-state index is -0.457. The van der Waals surface area contributed by atoms with Crippen LogP contribution in [-0.2, 0) is 11.2 Å². The summed E-state index contributed by atoms with van der Waals surface area (Å²) < 4.78 is 0. The van der Waals surface area contributed by atoms with Gasteiger partial charge in [-0.05, 0) is 12.0 Å². The van der Waals surface area contributed by atoms with Gasteiger partial charge in [0, 0.05) is 5.41 Å². The van der Waals surface area contributed by atoms with Crippen molar-refractivity contribution < 1.29 is 4.79 Å². The van der Waals surface area contributed by atoms with Crippen molar-refractivity contribution in [3.05, 3.63) is 35.9 Å². The van der Waals surface area contributed by atoms with Crippen LogP contribution in [0.15, 0.2) is 30.3 Å². The molecular weight excluding hydrogens is 198 g/mol. The molecule has 0 heterocycles. The zero-order chi connectivity index (χ0) is 9.90. The fraction of sp³-hybridized carbons (Fsp3) is 0.364. The lowest BCUT2D eigenvalue weighted by molar-refractivity contribution is -0.125. The van der Waals surface area contributed by atoms with Crippen LogP contribution in [0.2, 0.25) is 0 Å². The number of hydrogen-bond acceptors (Lipinski definition) is 1. The van der Waals surface area contributed by atoms with E-state index in [0.29, 0.717) is 6.42 Å². The maximum absolute atomic E-state index is 11.0. The van der Waals surface area contributed by atoms with E-state index in [1.165, 1.54) is 0 Å². The highest BCUT2D eigenvalue weighted by Gasteiger charge is 2.24. The van der Waals surface area contributed by atoms with E-state index in [9.17, 15) is 4.79 Å². The average molecular weight is 214 g/mol. The summed E-state index contributed by atoms with van der Waals surface area (Å²) in [7, 11) is 0. The minimum absolute atomic E-state index is 0. The second kappa shape index (κ2) is 5.01. The Morgan fingerprint density at radius 3 is 2.21 bits per heavy atom. The second-order valence-electron chi connectivity index (χ2n) is 3.91. The number of halogens is 1. The number of benzene rings is 1. The molecule has 2 N–H and O–H groups in total. The fourth-order valence-corrected chi connectivity index (χ4v) is 1.19. The first-order chi connectivity index (χ1) is 6.02. The molecule has 3 heteroatoms. The van der Waals surface area contributed by atoms with Crippen molar-refractivity contribution in [2.45, 2.75) is 20.3 Å². The first-order valence-corrected chi connectivity index (χ1v) is 4.36. The highest BCUT2D eigenvalue weighted by molar-refractivity contribution is 5.85.